The second-order valence-electron chi connectivity index (χ2n) is 8.33. The fourth-order valence-electron chi connectivity index (χ4n) is 4.65. The van der Waals surface area contributed by atoms with Gasteiger partial charge in [0.15, 0.2) is 4.80 Å². The third kappa shape index (κ3) is 4.05. The molecule has 0 amide bonds. The number of aromatic nitrogens is 1. The number of carbonyl (C=O) groups excluding carboxylic acids is 1. The number of hydrogen-bond donors (Lipinski definition) is 0. The summed E-state index contributed by atoms with van der Waals surface area (Å²) in [5, 5.41) is 2.06. The third-order valence-electron chi connectivity index (χ3n) is 6.27. The number of hydrogen-bond acceptors (Lipinski definition) is 6. The molecule has 1 aliphatic heterocycles. The number of rotatable bonds is 6. The van der Waals surface area contributed by atoms with Gasteiger partial charge in [-0.2, -0.15) is 0 Å². The Morgan fingerprint density at radius 1 is 1.06 bits per heavy atom. The molecule has 5 rings (SSSR count). The number of nitrogens with zero attached hydrogens (tertiary/aromatic N) is 2. The first-order valence-corrected chi connectivity index (χ1v) is 12.7. The Morgan fingerprint density at radius 3 is 2.53 bits per heavy atom. The number of benzene rings is 3. The summed E-state index contributed by atoms with van der Waals surface area (Å²) < 4.78 is 13.2. The number of fused-ring (bicyclic) bond motifs is 2. The maximum Gasteiger partial charge on any atom is 0.338 e. The maximum absolute atomic E-state index is 13.9. The molecule has 182 valence electrons. The minimum absolute atomic E-state index is 0.209. The van der Waals surface area contributed by atoms with Gasteiger partial charge in [0.2, 0.25) is 0 Å². The zero-order valence-corrected chi connectivity index (χ0v) is 21.2. The number of carbonyl (C=O) groups is 1. The average molecular weight is 499 g/mol. The van der Waals surface area contributed by atoms with Crippen LogP contribution in [0.1, 0.15) is 37.4 Å². The van der Waals surface area contributed by atoms with Gasteiger partial charge < -0.3 is 9.47 Å². The molecule has 0 saturated carbocycles. The molecule has 1 atom stereocenters. The van der Waals surface area contributed by atoms with Crippen LogP contribution in [0, 0.1) is 0 Å². The molecule has 1 aromatic heterocycles. The van der Waals surface area contributed by atoms with Crippen LogP contribution < -0.4 is 19.6 Å². The van der Waals surface area contributed by atoms with Crippen molar-refractivity contribution < 1.29 is 14.3 Å². The van der Waals surface area contributed by atoms with E-state index in [4.69, 9.17) is 14.5 Å². The molecule has 0 aliphatic carbocycles. The number of allylic oxidation sites excluding steroid dienone is 1. The highest BCUT2D eigenvalue weighted by Crippen LogP contribution is 2.32. The Kier molecular flexibility index (Phi) is 6.57. The summed E-state index contributed by atoms with van der Waals surface area (Å²) in [5.41, 5.74) is 2.49. The zero-order valence-electron chi connectivity index (χ0n) is 20.4. The molecule has 36 heavy (non-hydrogen) atoms. The van der Waals surface area contributed by atoms with Crippen LogP contribution in [0.15, 0.2) is 87.8 Å². The minimum Gasteiger partial charge on any atom is -0.493 e. The summed E-state index contributed by atoms with van der Waals surface area (Å²) in [6.45, 7) is 4.40. The third-order valence-corrected chi connectivity index (χ3v) is 7.25. The van der Waals surface area contributed by atoms with Gasteiger partial charge in [0.25, 0.3) is 5.56 Å². The fourth-order valence-corrected chi connectivity index (χ4v) is 5.65. The normalized spacial score (nSPS) is 15.5. The van der Waals surface area contributed by atoms with E-state index in [1.807, 2.05) is 86.7 Å². The Morgan fingerprint density at radius 2 is 1.81 bits per heavy atom. The molecule has 0 spiro atoms. The van der Waals surface area contributed by atoms with Gasteiger partial charge >= 0.3 is 5.97 Å². The summed E-state index contributed by atoms with van der Waals surface area (Å²) in [6, 6.07) is 20.9. The van der Waals surface area contributed by atoms with Crippen molar-refractivity contribution in [3.05, 3.63) is 109 Å². The quantitative estimate of drug-likeness (QED) is 0.371. The molecule has 3 aromatic carbocycles. The predicted octanol–water partition coefficient (Wildman–Crippen LogP) is 4.35. The molecule has 2 heterocycles. The molecule has 1 aliphatic rings. The highest BCUT2D eigenvalue weighted by molar-refractivity contribution is 7.07. The molecule has 6 nitrogen and oxygen atoms in total. The lowest BCUT2D eigenvalue weighted by molar-refractivity contribution is -0.136. The van der Waals surface area contributed by atoms with Gasteiger partial charge in [-0.1, -0.05) is 78.9 Å². The van der Waals surface area contributed by atoms with Gasteiger partial charge in [0.1, 0.15) is 5.75 Å². The molecule has 0 radical (unpaired) electrons. The lowest BCUT2D eigenvalue weighted by Crippen LogP contribution is -2.40. The van der Waals surface area contributed by atoms with Crippen LogP contribution in [0.5, 0.6) is 5.75 Å². The van der Waals surface area contributed by atoms with Crippen molar-refractivity contribution in [3.8, 4) is 5.75 Å². The summed E-state index contributed by atoms with van der Waals surface area (Å²) in [5.74, 6) is 0.234. The number of esters is 1. The van der Waals surface area contributed by atoms with Crippen LogP contribution in [-0.4, -0.2) is 24.3 Å². The highest BCUT2D eigenvalue weighted by atomic mass is 32.1. The van der Waals surface area contributed by atoms with E-state index in [9.17, 15) is 9.59 Å². The second kappa shape index (κ2) is 9.95. The SMILES string of the molecule is CCOc1ccc2ccccc2c1/C=c1\sc2n(c1=O)[C@@H](c1ccccc1)C(C(=O)OC)=C(CC)N=2. The van der Waals surface area contributed by atoms with Crippen molar-refractivity contribution in [2.24, 2.45) is 4.99 Å². The molecule has 0 saturated heterocycles. The van der Waals surface area contributed by atoms with Crippen molar-refractivity contribution in [2.45, 2.75) is 26.3 Å². The smallest absolute Gasteiger partial charge is 0.338 e. The molecule has 0 fully saturated rings. The van der Waals surface area contributed by atoms with E-state index in [1.54, 1.807) is 4.57 Å². The fraction of sp³-hybridized carbons (Fsp3) is 0.207. The van der Waals surface area contributed by atoms with Crippen LogP contribution in [0.4, 0.5) is 0 Å². The molecule has 7 heteroatoms. The first-order chi connectivity index (χ1) is 17.6. The van der Waals surface area contributed by atoms with Crippen molar-refractivity contribution >= 4 is 34.2 Å². The lowest BCUT2D eigenvalue weighted by atomic mass is 9.95. The van der Waals surface area contributed by atoms with E-state index in [0.717, 1.165) is 21.9 Å². The van der Waals surface area contributed by atoms with Crippen molar-refractivity contribution in [2.75, 3.05) is 13.7 Å². The predicted molar refractivity (Wildman–Crippen MR) is 142 cm³/mol. The number of methoxy groups -OCH3 is 1. The van der Waals surface area contributed by atoms with Crippen molar-refractivity contribution in [3.63, 3.8) is 0 Å². The minimum atomic E-state index is -0.620. The number of ether oxygens (including phenoxy) is 2. The Hall–Kier alpha value is -3.97. The first-order valence-electron chi connectivity index (χ1n) is 11.9. The lowest BCUT2D eigenvalue weighted by Gasteiger charge is -2.25. The molecule has 0 bridgehead atoms. The first kappa shape index (κ1) is 23.8. The molecule has 0 unspecified atom stereocenters. The van der Waals surface area contributed by atoms with Gasteiger partial charge in [-0.3, -0.25) is 9.36 Å². The monoisotopic (exact) mass is 498 g/mol. The van der Waals surface area contributed by atoms with E-state index in [0.29, 0.717) is 39.4 Å². The zero-order chi connectivity index (χ0) is 25.2. The topological polar surface area (TPSA) is 69.9 Å². The molecule has 4 aromatic rings. The van der Waals surface area contributed by atoms with Crippen LogP contribution in [0.3, 0.4) is 0 Å². The van der Waals surface area contributed by atoms with Gasteiger partial charge in [0, 0.05) is 5.56 Å². The van der Waals surface area contributed by atoms with Gasteiger partial charge in [-0.15, -0.1) is 0 Å². The number of thiazole rings is 1. The van der Waals surface area contributed by atoms with Crippen LogP contribution in [-0.2, 0) is 9.53 Å². The van der Waals surface area contributed by atoms with Gasteiger partial charge in [-0.25, -0.2) is 9.79 Å². The van der Waals surface area contributed by atoms with Gasteiger partial charge in [-0.05, 0) is 41.8 Å². The van der Waals surface area contributed by atoms with E-state index in [-0.39, 0.29) is 5.56 Å². The van der Waals surface area contributed by atoms with E-state index in [2.05, 4.69) is 0 Å². The van der Waals surface area contributed by atoms with E-state index in [1.165, 1.54) is 18.4 Å². The van der Waals surface area contributed by atoms with Crippen molar-refractivity contribution in [1.29, 1.82) is 0 Å². The summed E-state index contributed by atoms with van der Waals surface area (Å²) in [7, 11) is 1.35. The highest BCUT2D eigenvalue weighted by Gasteiger charge is 2.33. The summed E-state index contributed by atoms with van der Waals surface area (Å²) >= 11 is 1.32. The van der Waals surface area contributed by atoms with E-state index >= 15 is 0 Å². The Bertz CT molecular complexity index is 1670. The van der Waals surface area contributed by atoms with Crippen LogP contribution in [0.2, 0.25) is 0 Å². The summed E-state index contributed by atoms with van der Waals surface area (Å²) in [6.07, 6.45) is 2.42. The maximum atomic E-state index is 13.9. The standard InChI is InChI=1S/C29H26N2O4S/c1-4-22-25(28(33)34-3)26(19-12-7-6-8-13-19)31-27(32)24(36-29(31)30-22)17-21-20-14-10-9-11-18(20)15-16-23(21)35-5-2/h6-17,26H,4-5H2,1-3H3/b24-17-/t26-/m0/s1. The largest absolute Gasteiger partial charge is 0.493 e. The van der Waals surface area contributed by atoms with Gasteiger partial charge in [0.05, 0.1) is 35.6 Å². The Labute approximate surface area is 212 Å². The summed E-state index contributed by atoms with van der Waals surface area (Å²) in [4.78, 5) is 32.2. The van der Waals surface area contributed by atoms with Crippen LogP contribution in [0.25, 0.3) is 16.8 Å². The molecular weight excluding hydrogens is 472 g/mol. The van der Waals surface area contributed by atoms with Crippen LogP contribution >= 0.6 is 11.3 Å². The van der Waals surface area contributed by atoms with E-state index < -0.39 is 12.0 Å². The molecular formula is C29H26N2O4S. The average Bonchev–Trinajstić information content (AvgIpc) is 3.23. The Balaban J connectivity index is 1.81. The second-order valence-corrected chi connectivity index (χ2v) is 9.34. The van der Waals surface area contributed by atoms with Crippen molar-refractivity contribution in [1.82, 2.24) is 4.57 Å². The molecule has 0 N–H and O–H groups in total.